The summed E-state index contributed by atoms with van der Waals surface area (Å²) in [7, 11) is -3.41. The molecule has 2 aromatic carbocycles. The number of sulfonamides is 1. The lowest BCUT2D eigenvalue weighted by atomic mass is 10.1. The highest BCUT2D eigenvalue weighted by Gasteiger charge is 2.28. The lowest BCUT2D eigenvalue weighted by Crippen LogP contribution is -2.48. The van der Waals surface area contributed by atoms with E-state index in [0.29, 0.717) is 18.0 Å². The van der Waals surface area contributed by atoms with Crippen LogP contribution in [0.3, 0.4) is 0 Å². The zero-order valence-corrected chi connectivity index (χ0v) is 16.8. The summed E-state index contributed by atoms with van der Waals surface area (Å²) in [6, 6.07) is 13.2. The van der Waals surface area contributed by atoms with E-state index in [0.717, 1.165) is 42.9 Å². The van der Waals surface area contributed by atoms with Gasteiger partial charge in [0.1, 0.15) is 5.75 Å². The van der Waals surface area contributed by atoms with Crippen molar-refractivity contribution >= 4 is 26.0 Å². The monoisotopic (exact) mass is 436 g/mol. The molecule has 1 saturated heterocycles. The predicted molar refractivity (Wildman–Crippen MR) is 104 cm³/mol. The summed E-state index contributed by atoms with van der Waals surface area (Å²) >= 11 is 3.34. The molecule has 0 radical (unpaired) electrons. The third kappa shape index (κ3) is 3.67. The smallest absolute Gasteiger partial charge is 0.243 e. The molecule has 2 aromatic rings. The van der Waals surface area contributed by atoms with Crippen LogP contribution in [0.4, 0.5) is 0 Å². The average molecular weight is 437 g/mol. The van der Waals surface area contributed by atoms with Crippen molar-refractivity contribution in [3.63, 3.8) is 0 Å². The van der Waals surface area contributed by atoms with Gasteiger partial charge in [0.15, 0.2) is 0 Å². The van der Waals surface area contributed by atoms with E-state index in [4.69, 9.17) is 4.74 Å². The van der Waals surface area contributed by atoms with Gasteiger partial charge in [-0.3, -0.25) is 4.90 Å². The molecule has 26 heavy (non-hydrogen) atoms. The van der Waals surface area contributed by atoms with Crippen LogP contribution in [0.5, 0.6) is 5.75 Å². The molecule has 138 valence electrons. The summed E-state index contributed by atoms with van der Waals surface area (Å²) in [4.78, 5) is 2.67. The third-order valence-corrected chi connectivity index (χ3v) is 7.38. The molecule has 4 rings (SSSR count). The van der Waals surface area contributed by atoms with Crippen molar-refractivity contribution in [3.8, 4) is 5.75 Å². The molecule has 0 aromatic heterocycles. The zero-order chi connectivity index (χ0) is 18.1. The van der Waals surface area contributed by atoms with Crippen molar-refractivity contribution < 1.29 is 13.2 Å². The Kier molecular flexibility index (Phi) is 5.05. The van der Waals surface area contributed by atoms with Gasteiger partial charge in [-0.15, -0.1) is 0 Å². The quantitative estimate of drug-likeness (QED) is 0.739. The number of halogens is 1. The zero-order valence-electron chi connectivity index (χ0n) is 14.4. The molecule has 0 unspecified atom stereocenters. The molecule has 0 aliphatic carbocycles. The summed E-state index contributed by atoms with van der Waals surface area (Å²) in [5, 5.41) is 0. The van der Waals surface area contributed by atoms with Crippen molar-refractivity contribution in [1.82, 2.24) is 9.21 Å². The summed E-state index contributed by atoms with van der Waals surface area (Å²) in [6.07, 6.45) is 0.975. The first-order chi connectivity index (χ1) is 12.5. The van der Waals surface area contributed by atoms with Crippen LogP contribution in [0.25, 0.3) is 0 Å². The Hall–Kier alpha value is -1.41. The predicted octanol–water partition coefficient (Wildman–Crippen LogP) is 2.89. The maximum Gasteiger partial charge on any atom is 0.243 e. The molecule has 7 heteroatoms. The molecule has 0 bridgehead atoms. The van der Waals surface area contributed by atoms with Crippen LogP contribution in [0.15, 0.2) is 51.8 Å². The van der Waals surface area contributed by atoms with E-state index in [-0.39, 0.29) is 0 Å². The molecule has 1 fully saturated rings. The third-order valence-electron chi connectivity index (χ3n) is 4.94. The number of rotatable bonds is 4. The number of nitrogens with zero attached hydrogens (tertiary/aromatic N) is 2. The van der Waals surface area contributed by atoms with Crippen LogP contribution >= 0.6 is 15.9 Å². The van der Waals surface area contributed by atoms with Gasteiger partial charge >= 0.3 is 0 Å². The Morgan fingerprint density at radius 2 is 1.73 bits per heavy atom. The van der Waals surface area contributed by atoms with Crippen LogP contribution in [-0.4, -0.2) is 50.4 Å². The lowest BCUT2D eigenvalue weighted by molar-refractivity contribution is 0.181. The summed E-state index contributed by atoms with van der Waals surface area (Å²) in [6.45, 7) is 4.14. The van der Waals surface area contributed by atoms with Gasteiger partial charge < -0.3 is 4.74 Å². The standard InChI is InChI=1S/C19H21BrN2O3S/c20-17-2-4-18(5-3-17)26(23,24)22-10-8-21(9-11-22)14-15-1-6-19-16(13-15)7-12-25-19/h1-6,13H,7-12,14H2. The minimum absolute atomic E-state index is 0.354. The molecular weight excluding hydrogens is 416 g/mol. The molecule has 0 amide bonds. The normalized spacial score (nSPS) is 18.5. The highest BCUT2D eigenvalue weighted by atomic mass is 79.9. The van der Waals surface area contributed by atoms with Crippen LogP contribution < -0.4 is 4.74 Å². The molecule has 0 atom stereocenters. The molecular formula is C19H21BrN2O3S. The van der Waals surface area contributed by atoms with Gasteiger partial charge in [-0.05, 0) is 41.5 Å². The Balaban J connectivity index is 1.38. The van der Waals surface area contributed by atoms with E-state index in [1.54, 1.807) is 28.6 Å². The van der Waals surface area contributed by atoms with E-state index in [9.17, 15) is 8.42 Å². The summed E-state index contributed by atoms with van der Waals surface area (Å²) in [5.41, 5.74) is 2.54. The number of ether oxygens (including phenoxy) is 1. The average Bonchev–Trinajstić information content (AvgIpc) is 3.10. The molecule has 0 N–H and O–H groups in total. The second-order valence-corrected chi connectivity index (χ2v) is 9.53. The number of piperazine rings is 1. The largest absolute Gasteiger partial charge is 0.493 e. The van der Waals surface area contributed by atoms with Crippen LogP contribution in [-0.2, 0) is 23.0 Å². The second-order valence-electron chi connectivity index (χ2n) is 6.67. The first-order valence-electron chi connectivity index (χ1n) is 8.75. The van der Waals surface area contributed by atoms with Crippen LogP contribution in [0.1, 0.15) is 11.1 Å². The van der Waals surface area contributed by atoms with Crippen molar-refractivity contribution in [2.24, 2.45) is 0 Å². The second kappa shape index (κ2) is 7.31. The molecule has 5 nitrogen and oxygen atoms in total. The number of fused-ring (bicyclic) bond motifs is 1. The minimum atomic E-state index is -3.41. The fraction of sp³-hybridized carbons (Fsp3) is 0.368. The van der Waals surface area contributed by atoms with E-state index in [2.05, 4.69) is 33.0 Å². The first kappa shape index (κ1) is 18.0. The molecule has 2 aliphatic heterocycles. The maximum atomic E-state index is 12.8. The number of hydrogen-bond donors (Lipinski definition) is 0. The molecule has 2 heterocycles. The van der Waals surface area contributed by atoms with Crippen molar-refractivity contribution in [3.05, 3.63) is 58.1 Å². The fourth-order valence-corrected chi connectivity index (χ4v) is 5.17. The van der Waals surface area contributed by atoms with Gasteiger partial charge in [0.25, 0.3) is 0 Å². The lowest BCUT2D eigenvalue weighted by Gasteiger charge is -2.34. The number of hydrogen-bond acceptors (Lipinski definition) is 4. The maximum absolute atomic E-state index is 12.8. The summed E-state index contributed by atoms with van der Waals surface area (Å²) < 4.78 is 33.6. The van der Waals surface area contributed by atoms with Crippen LogP contribution in [0.2, 0.25) is 0 Å². The van der Waals surface area contributed by atoms with Crippen molar-refractivity contribution in [2.45, 2.75) is 17.9 Å². The van der Waals surface area contributed by atoms with Gasteiger partial charge in [-0.25, -0.2) is 8.42 Å². The fourth-order valence-electron chi connectivity index (χ4n) is 3.48. The molecule has 2 aliphatic rings. The van der Waals surface area contributed by atoms with Gasteiger partial charge in [-0.2, -0.15) is 4.31 Å². The van der Waals surface area contributed by atoms with Gasteiger partial charge in [-0.1, -0.05) is 28.1 Å². The Bertz CT molecular complexity index is 892. The Morgan fingerprint density at radius 1 is 1.00 bits per heavy atom. The highest BCUT2D eigenvalue weighted by molar-refractivity contribution is 9.10. The summed E-state index contributed by atoms with van der Waals surface area (Å²) in [5.74, 6) is 0.999. The van der Waals surface area contributed by atoms with E-state index in [1.165, 1.54) is 11.1 Å². The highest BCUT2D eigenvalue weighted by Crippen LogP contribution is 2.27. The Morgan fingerprint density at radius 3 is 2.46 bits per heavy atom. The molecule has 0 spiro atoms. The van der Waals surface area contributed by atoms with Gasteiger partial charge in [0.05, 0.1) is 11.5 Å². The topological polar surface area (TPSA) is 49.9 Å². The first-order valence-corrected chi connectivity index (χ1v) is 11.0. The van der Waals surface area contributed by atoms with Gasteiger partial charge in [0, 0.05) is 43.6 Å². The van der Waals surface area contributed by atoms with Crippen molar-refractivity contribution in [2.75, 3.05) is 32.8 Å². The van der Waals surface area contributed by atoms with Crippen molar-refractivity contribution in [1.29, 1.82) is 0 Å². The van der Waals surface area contributed by atoms with Crippen LogP contribution in [0, 0.1) is 0 Å². The number of benzene rings is 2. The molecule has 0 saturated carbocycles. The van der Waals surface area contributed by atoms with E-state index in [1.807, 2.05) is 6.07 Å². The van der Waals surface area contributed by atoms with E-state index < -0.39 is 10.0 Å². The Labute approximate surface area is 162 Å². The SMILES string of the molecule is O=S(=O)(c1ccc(Br)cc1)N1CCN(Cc2ccc3c(c2)CCO3)CC1. The van der Waals surface area contributed by atoms with Gasteiger partial charge in [0.2, 0.25) is 10.0 Å². The minimum Gasteiger partial charge on any atom is -0.493 e. The van der Waals surface area contributed by atoms with E-state index >= 15 is 0 Å².